The van der Waals surface area contributed by atoms with Crippen LogP contribution < -0.4 is 5.63 Å². The fourth-order valence-electron chi connectivity index (χ4n) is 1.03. The molecule has 0 bridgehead atoms. The monoisotopic (exact) mass is 166 g/mol. The van der Waals surface area contributed by atoms with Crippen LogP contribution in [0.5, 0.6) is 0 Å². The van der Waals surface area contributed by atoms with Crippen LogP contribution in [0.4, 0.5) is 0 Å². The van der Waals surface area contributed by atoms with Crippen molar-refractivity contribution in [2.45, 2.75) is 26.7 Å². The van der Waals surface area contributed by atoms with Crippen LogP contribution in [0.3, 0.4) is 0 Å². The lowest BCUT2D eigenvalue weighted by Gasteiger charge is -2.01. The van der Waals surface area contributed by atoms with E-state index >= 15 is 0 Å². The van der Waals surface area contributed by atoms with Gasteiger partial charge in [0.2, 0.25) is 0 Å². The van der Waals surface area contributed by atoms with Crippen LogP contribution in [0.15, 0.2) is 27.6 Å². The highest BCUT2D eigenvalue weighted by Gasteiger charge is 2.00. The summed E-state index contributed by atoms with van der Waals surface area (Å²) in [7, 11) is 0. The standard InChI is InChI=1S/C10H14O2/c1-8(2)5-6-9-4-3-7-12-10(9)11/h3-4,7-8H,5-6H2,1-2H3. The van der Waals surface area contributed by atoms with Crippen LogP contribution in [0.1, 0.15) is 25.8 Å². The molecule has 1 heterocycles. The fraction of sp³-hybridized carbons (Fsp3) is 0.500. The molecule has 0 unspecified atom stereocenters. The van der Waals surface area contributed by atoms with E-state index in [4.69, 9.17) is 4.42 Å². The average molecular weight is 166 g/mol. The third kappa shape index (κ3) is 2.53. The van der Waals surface area contributed by atoms with Gasteiger partial charge in [-0.2, -0.15) is 0 Å². The molecule has 1 aromatic rings. The maximum Gasteiger partial charge on any atom is 0.338 e. The molecule has 0 amide bonds. The minimum absolute atomic E-state index is 0.196. The second kappa shape index (κ2) is 4.10. The Morgan fingerprint density at radius 3 is 2.83 bits per heavy atom. The zero-order valence-electron chi connectivity index (χ0n) is 7.54. The average Bonchev–Trinajstić information content (AvgIpc) is 2.03. The molecule has 0 atom stereocenters. The van der Waals surface area contributed by atoms with Crippen molar-refractivity contribution in [2.24, 2.45) is 5.92 Å². The number of hydrogen-bond donors (Lipinski definition) is 0. The van der Waals surface area contributed by atoms with E-state index in [1.165, 1.54) is 6.26 Å². The second-order valence-corrected chi connectivity index (χ2v) is 3.36. The van der Waals surface area contributed by atoms with Gasteiger partial charge in [0, 0.05) is 5.56 Å². The first-order chi connectivity index (χ1) is 5.70. The SMILES string of the molecule is CC(C)CCc1cccoc1=O. The van der Waals surface area contributed by atoms with E-state index in [2.05, 4.69) is 13.8 Å². The first-order valence-electron chi connectivity index (χ1n) is 4.27. The summed E-state index contributed by atoms with van der Waals surface area (Å²) < 4.78 is 4.73. The lowest BCUT2D eigenvalue weighted by molar-refractivity contribution is 0.493. The number of hydrogen-bond acceptors (Lipinski definition) is 2. The van der Waals surface area contributed by atoms with Gasteiger partial charge in [-0.3, -0.25) is 0 Å². The van der Waals surface area contributed by atoms with Gasteiger partial charge < -0.3 is 4.42 Å². The van der Waals surface area contributed by atoms with E-state index in [-0.39, 0.29) is 5.63 Å². The minimum Gasteiger partial charge on any atom is -0.431 e. The quantitative estimate of drug-likeness (QED) is 0.689. The molecule has 0 aromatic carbocycles. The Hall–Kier alpha value is -1.05. The van der Waals surface area contributed by atoms with Crippen molar-refractivity contribution < 1.29 is 4.42 Å². The molecule has 1 rings (SSSR count). The Kier molecular flexibility index (Phi) is 3.09. The third-order valence-electron chi connectivity index (χ3n) is 1.80. The summed E-state index contributed by atoms with van der Waals surface area (Å²) in [6.07, 6.45) is 3.27. The predicted octanol–water partition coefficient (Wildman–Crippen LogP) is 2.23. The molecule has 0 N–H and O–H groups in total. The molecule has 0 aliphatic carbocycles. The Bertz CT molecular complexity index is 286. The summed E-state index contributed by atoms with van der Waals surface area (Å²) in [5.74, 6) is 0.629. The fourth-order valence-corrected chi connectivity index (χ4v) is 1.03. The smallest absolute Gasteiger partial charge is 0.338 e. The van der Waals surface area contributed by atoms with E-state index in [1.54, 1.807) is 6.07 Å². The van der Waals surface area contributed by atoms with Crippen molar-refractivity contribution in [1.29, 1.82) is 0 Å². The number of aryl methyl sites for hydroxylation is 1. The van der Waals surface area contributed by atoms with Crippen molar-refractivity contribution in [3.8, 4) is 0 Å². The molecule has 1 aromatic heterocycles. The maximum atomic E-state index is 11.1. The highest BCUT2D eigenvalue weighted by molar-refractivity contribution is 5.06. The Balaban J connectivity index is 2.64. The summed E-state index contributed by atoms with van der Waals surface area (Å²) >= 11 is 0. The molecule has 0 spiro atoms. The highest BCUT2D eigenvalue weighted by atomic mass is 16.4. The molecule has 0 saturated heterocycles. The van der Waals surface area contributed by atoms with Crippen molar-refractivity contribution >= 4 is 0 Å². The lowest BCUT2D eigenvalue weighted by atomic mass is 10.0. The third-order valence-corrected chi connectivity index (χ3v) is 1.80. The first-order valence-corrected chi connectivity index (χ1v) is 4.27. The molecule has 0 aliphatic rings. The lowest BCUT2D eigenvalue weighted by Crippen LogP contribution is -2.06. The normalized spacial score (nSPS) is 10.6. The zero-order valence-corrected chi connectivity index (χ0v) is 7.54. The van der Waals surface area contributed by atoms with Gasteiger partial charge in [0.05, 0.1) is 6.26 Å². The molecular formula is C10H14O2. The van der Waals surface area contributed by atoms with Crippen LogP contribution in [-0.4, -0.2) is 0 Å². The second-order valence-electron chi connectivity index (χ2n) is 3.36. The van der Waals surface area contributed by atoms with Gasteiger partial charge in [0.15, 0.2) is 0 Å². The molecule has 0 aliphatic heterocycles. The zero-order chi connectivity index (χ0) is 8.97. The maximum absolute atomic E-state index is 11.1. The summed E-state index contributed by atoms with van der Waals surface area (Å²) in [6.45, 7) is 4.29. The summed E-state index contributed by atoms with van der Waals surface area (Å²) in [5.41, 5.74) is 0.587. The van der Waals surface area contributed by atoms with Gasteiger partial charge in [-0.25, -0.2) is 4.79 Å². The molecular weight excluding hydrogens is 152 g/mol. The Labute approximate surface area is 72.2 Å². The Morgan fingerprint density at radius 2 is 2.25 bits per heavy atom. The van der Waals surface area contributed by atoms with Gasteiger partial charge in [0.1, 0.15) is 0 Å². The van der Waals surface area contributed by atoms with Crippen molar-refractivity contribution in [1.82, 2.24) is 0 Å². The van der Waals surface area contributed by atoms with Gasteiger partial charge in [-0.1, -0.05) is 13.8 Å². The topological polar surface area (TPSA) is 30.2 Å². The summed E-state index contributed by atoms with van der Waals surface area (Å²) in [5, 5.41) is 0. The first kappa shape index (κ1) is 9.04. The van der Waals surface area contributed by atoms with E-state index in [9.17, 15) is 4.79 Å². The summed E-state index contributed by atoms with van der Waals surface area (Å²) in [4.78, 5) is 11.1. The molecule has 66 valence electrons. The van der Waals surface area contributed by atoms with Crippen LogP contribution in [0.2, 0.25) is 0 Å². The Morgan fingerprint density at radius 1 is 1.50 bits per heavy atom. The molecule has 0 radical (unpaired) electrons. The molecule has 2 heteroatoms. The van der Waals surface area contributed by atoms with E-state index in [0.29, 0.717) is 5.92 Å². The van der Waals surface area contributed by atoms with Crippen molar-refractivity contribution in [3.63, 3.8) is 0 Å². The van der Waals surface area contributed by atoms with Gasteiger partial charge in [-0.05, 0) is 30.9 Å². The minimum atomic E-state index is -0.196. The molecule has 0 saturated carbocycles. The van der Waals surface area contributed by atoms with E-state index in [0.717, 1.165) is 18.4 Å². The molecule has 12 heavy (non-hydrogen) atoms. The van der Waals surface area contributed by atoms with E-state index in [1.807, 2.05) is 6.07 Å². The largest absolute Gasteiger partial charge is 0.431 e. The molecule has 2 nitrogen and oxygen atoms in total. The van der Waals surface area contributed by atoms with Gasteiger partial charge in [-0.15, -0.1) is 0 Å². The van der Waals surface area contributed by atoms with Gasteiger partial charge >= 0.3 is 5.63 Å². The molecule has 0 fully saturated rings. The van der Waals surface area contributed by atoms with Crippen LogP contribution in [-0.2, 0) is 6.42 Å². The van der Waals surface area contributed by atoms with Crippen molar-refractivity contribution in [2.75, 3.05) is 0 Å². The predicted molar refractivity (Wildman–Crippen MR) is 48.1 cm³/mol. The van der Waals surface area contributed by atoms with Gasteiger partial charge in [0.25, 0.3) is 0 Å². The van der Waals surface area contributed by atoms with Crippen LogP contribution in [0.25, 0.3) is 0 Å². The van der Waals surface area contributed by atoms with Crippen LogP contribution >= 0.6 is 0 Å². The van der Waals surface area contributed by atoms with E-state index < -0.39 is 0 Å². The summed E-state index contributed by atoms with van der Waals surface area (Å²) in [6, 6.07) is 3.59. The highest BCUT2D eigenvalue weighted by Crippen LogP contribution is 2.04. The number of rotatable bonds is 3. The van der Waals surface area contributed by atoms with Crippen molar-refractivity contribution in [3.05, 3.63) is 34.4 Å². The van der Waals surface area contributed by atoms with Crippen LogP contribution in [0, 0.1) is 5.92 Å².